The van der Waals surface area contributed by atoms with Gasteiger partial charge in [0, 0.05) is 12.8 Å². The van der Waals surface area contributed by atoms with Crippen LogP contribution in [0.3, 0.4) is 0 Å². The summed E-state index contributed by atoms with van der Waals surface area (Å²) in [4.78, 5) is 11.1. The van der Waals surface area contributed by atoms with Crippen LogP contribution in [0.1, 0.15) is 39.5 Å². The van der Waals surface area contributed by atoms with Crippen LogP contribution in [0.25, 0.3) is 0 Å². The summed E-state index contributed by atoms with van der Waals surface area (Å²) >= 11 is 0. The molecule has 0 aromatic carbocycles. The summed E-state index contributed by atoms with van der Waals surface area (Å²) in [7, 11) is 0. The minimum Gasteiger partial charge on any atom is -0.300 e. The van der Waals surface area contributed by atoms with Gasteiger partial charge in [0.15, 0.2) is 0 Å². The Kier molecular flexibility index (Phi) is 2.17. The SMILES string of the molecule is C=C(C)[C@]1(C)CCCC(=O)C1. The van der Waals surface area contributed by atoms with Gasteiger partial charge in [-0.2, -0.15) is 0 Å². The zero-order chi connectivity index (χ0) is 8.48. The molecule has 0 spiro atoms. The average Bonchev–Trinajstić information content (AvgIpc) is 1.86. The lowest BCUT2D eigenvalue weighted by molar-refractivity contribution is -0.122. The highest BCUT2D eigenvalue weighted by atomic mass is 16.1. The molecule has 0 unspecified atom stereocenters. The van der Waals surface area contributed by atoms with Crippen LogP contribution in [0, 0.1) is 5.41 Å². The van der Waals surface area contributed by atoms with Crippen molar-refractivity contribution in [2.45, 2.75) is 39.5 Å². The molecule has 62 valence electrons. The first-order chi connectivity index (χ1) is 5.04. The Morgan fingerprint density at radius 2 is 2.27 bits per heavy atom. The molecular weight excluding hydrogens is 136 g/mol. The van der Waals surface area contributed by atoms with Crippen LogP contribution < -0.4 is 0 Å². The normalized spacial score (nSPS) is 32.0. The predicted octanol–water partition coefficient (Wildman–Crippen LogP) is 2.71. The molecule has 1 heteroatoms. The molecule has 1 aliphatic rings. The second kappa shape index (κ2) is 2.80. The summed E-state index contributed by atoms with van der Waals surface area (Å²) in [5, 5.41) is 0. The molecule has 1 fully saturated rings. The van der Waals surface area contributed by atoms with E-state index in [0.717, 1.165) is 24.8 Å². The molecule has 0 heterocycles. The predicted molar refractivity (Wildman–Crippen MR) is 46.4 cm³/mol. The molecular formula is C10H16O. The van der Waals surface area contributed by atoms with Gasteiger partial charge < -0.3 is 0 Å². The molecule has 1 nitrogen and oxygen atoms in total. The zero-order valence-corrected chi connectivity index (χ0v) is 7.44. The maximum atomic E-state index is 11.1. The van der Waals surface area contributed by atoms with E-state index in [1.807, 2.05) is 6.92 Å². The Morgan fingerprint density at radius 3 is 2.64 bits per heavy atom. The van der Waals surface area contributed by atoms with Gasteiger partial charge in [-0.15, -0.1) is 0 Å². The second-order valence-corrected chi connectivity index (χ2v) is 3.91. The Hall–Kier alpha value is -0.590. The van der Waals surface area contributed by atoms with E-state index in [2.05, 4.69) is 13.5 Å². The van der Waals surface area contributed by atoms with Crippen molar-refractivity contribution in [3.05, 3.63) is 12.2 Å². The van der Waals surface area contributed by atoms with Crippen molar-refractivity contribution in [3.63, 3.8) is 0 Å². The summed E-state index contributed by atoms with van der Waals surface area (Å²) < 4.78 is 0. The Bertz CT molecular complexity index is 193. The average molecular weight is 152 g/mol. The molecule has 1 atom stereocenters. The van der Waals surface area contributed by atoms with E-state index in [0.29, 0.717) is 12.2 Å². The van der Waals surface area contributed by atoms with Crippen molar-refractivity contribution in [3.8, 4) is 0 Å². The van der Waals surface area contributed by atoms with Crippen LogP contribution in [-0.2, 0) is 4.79 Å². The number of rotatable bonds is 1. The van der Waals surface area contributed by atoms with Gasteiger partial charge >= 0.3 is 0 Å². The van der Waals surface area contributed by atoms with Crippen LogP contribution >= 0.6 is 0 Å². The standard InChI is InChI=1S/C10H16O/c1-8(2)10(3)6-4-5-9(11)7-10/h1,4-7H2,2-3H3/t10-/m1/s1. The topological polar surface area (TPSA) is 17.1 Å². The first-order valence-corrected chi connectivity index (χ1v) is 4.22. The molecule has 1 saturated carbocycles. The van der Waals surface area contributed by atoms with Crippen molar-refractivity contribution in [2.24, 2.45) is 5.41 Å². The largest absolute Gasteiger partial charge is 0.300 e. The molecule has 1 aliphatic carbocycles. The van der Waals surface area contributed by atoms with Gasteiger partial charge in [-0.3, -0.25) is 4.79 Å². The van der Waals surface area contributed by atoms with E-state index < -0.39 is 0 Å². The monoisotopic (exact) mass is 152 g/mol. The number of carbonyl (C=O) groups is 1. The van der Waals surface area contributed by atoms with E-state index >= 15 is 0 Å². The maximum Gasteiger partial charge on any atom is 0.133 e. The number of carbonyl (C=O) groups excluding carboxylic acids is 1. The third-order valence-electron chi connectivity index (χ3n) is 2.80. The van der Waals surface area contributed by atoms with Gasteiger partial charge in [0.25, 0.3) is 0 Å². The van der Waals surface area contributed by atoms with Crippen LogP contribution in [0.15, 0.2) is 12.2 Å². The van der Waals surface area contributed by atoms with E-state index in [4.69, 9.17) is 0 Å². The lowest BCUT2D eigenvalue weighted by Gasteiger charge is -2.33. The van der Waals surface area contributed by atoms with Gasteiger partial charge in [-0.05, 0) is 25.2 Å². The van der Waals surface area contributed by atoms with Gasteiger partial charge in [-0.25, -0.2) is 0 Å². The fourth-order valence-corrected chi connectivity index (χ4v) is 1.65. The van der Waals surface area contributed by atoms with Crippen molar-refractivity contribution in [1.29, 1.82) is 0 Å². The lowest BCUT2D eigenvalue weighted by Crippen LogP contribution is -2.26. The van der Waals surface area contributed by atoms with Gasteiger partial charge in [0.05, 0.1) is 0 Å². The summed E-state index contributed by atoms with van der Waals surface area (Å²) in [6, 6.07) is 0. The van der Waals surface area contributed by atoms with Crippen molar-refractivity contribution in [2.75, 3.05) is 0 Å². The third-order valence-corrected chi connectivity index (χ3v) is 2.80. The molecule has 0 aliphatic heterocycles. The van der Waals surface area contributed by atoms with Gasteiger partial charge in [0.2, 0.25) is 0 Å². The third kappa shape index (κ3) is 1.70. The highest BCUT2D eigenvalue weighted by Crippen LogP contribution is 2.39. The van der Waals surface area contributed by atoms with Crippen LogP contribution in [0.5, 0.6) is 0 Å². The first kappa shape index (κ1) is 8.51. The number of allylic oxidation sites excluding steroid dienone is 1. The highest BCUT2D eigenvalue weighted by Gasteiger charge is 2.31. The number of hydrogen-bond donors (Lipinski definition) is 0. The van der Waals surface area contributed by atoms with Crippen LogP contribution in [-0.4, -0.2) is 5.78 Å². The van der Waals surface area contributed by atoms with Crippen LogP contribution in [0.2, 0.25) is 0 Å². The molecule has 0 amide bonds. The highest BCUT2D eigenvalue weighted by molar-refractivity contribution is 5.80. The smallest absolute Gasteiger partial charge is 0.133 e. The van der Waals surface area contributed by atoms with Crippen molar-refractivity contribution in [1.82, 2.24) is 0 Å². The number of Topliss-reactive ketones (excluding diaryl/α,β-unsaturated/α-hetero) is 1. The van der Waals surface area contributed by atoms with Crippen molar-refractivity contribution < 1.29 is 4.79 Å². The summed E-state index contributed by atoms with van der Waals surface area (Å²) in [5.41, 5.74) is 1.26. The Balaban J connectivity index is 2.70. The molecule has 0 bridgehead atoms. The first-order valence-electron chi connectivity index (χ1n) is 4.22. The minimum absolute atomic E-state index is 0.106. The van der Waals surface area contributed by atoms with Gasteiger partial charge in [-0.1, -0.05) is 19.1 Å². The van der Waals surface area contributed by atoms with Crippen LogP contribution in [0.4, 0.5) is 0 Å². The second-order valence-electron chi connectivity index (χ2n) is 3.91. The Morgan fingerprint density at radius 1 is 1.64 bits per heavy atom. The number of hydrogen-bond acceptors (Lipinski definition) is 1. The fourth-order valence-electron chi connectivity index (χ4n) is 1.65. The fraction of sp³-hybridized carbons (Fsp3) is 0.700. The van der Waals surface area contributed by atoms with E-state index in [9.17, 15) is 4.79 Å². The molecule has 0 saturated heterocycles. The number of ketones is 1. The van der Waals surface area contributed by atoms with E-state index in [-0.39, 0.29) is 5.41 Å². The quantitative estimate of drug-likeness (QED) is 0.528. The molecule has 0 aromatic rings. The lowest BCUT2D eigenvalue weighted by atomic mass is 9.71. The zero-order valence-electron chi connectivity index (χ0n) is 7.44. The van der Waals surface area contributed by atoms with E-state index in [1.54, 1.807) is 0 Å². The summed E-state index contributed by atoms with van der Waals surface area (Å²) in [5.74, 6) is 0.404. The summed E-state index contributed by atoms with van der Waals surface area (Å²) in [6.45, 7) is 8.10. The van der Waals surface area contributed by atoms with Gasteiger partial charge in [0.1, 0.15) is 5.78 Å². The Labute approximate surface area is 68.5 Å². The minimum atomic E-state index is 0.106. The molecule has 1 rings (SSSR count). The van der Waals surface area contributed by atoms with E-state index in [1.165, 1.54) is 0 Å². The summed E-state index contributed by atoms with van der Waals surface area (Å²) in [6.07, 6.45) is 3.67. The molecule has 0 N–H and O–H groups in total. The van der Waals surface area contributed by atoms with Crippen molar-refractivity contribution >= 4 is 5.78 Å². The molecule has 11 heavy (non-hydrogen) atoms. The molecule has 0 aromatic heterocycles. The maximum absolute atomic E-state index is 11.1. The molecule has 0 radical (unpaired) electrons.